The SMILES string of the molecule is CN(CC(=O)Nc1ccc(OCCOc2ccccc2)cc1)c1ccccc1. The molecule has 0 aliphatic carbocycles. The Hall–Kier alpha value is -3.47. The zero-order chi connectivity index (χ0) is 19.6. The summed E-state index contributed by atoms with van der Waals surface area (Å²) in [6.45, 7) is 1.19. The normalized spacial score (nSPS) is 10.2. The van der Waals surface area contributed by atoms with E-state index in [1.165, 1.54) is 0 Å². The second-order valence-corrected chi connectivity index (χ2v) is 6.27. The van der Waals surface area contributed by atoms with Crippen molar-refractivity contribution in [1.29, 1.82) is 0 Å². The molecule has 144 valence electrons. The highest BCUT2D eigenvalue weighted by Gasteiger charge is 2.07. The van der Waals surface area contributed by atoms with E-state index in [4.69, 9.17) is 9.47 Å². The van der Waals surface area contributed by atoms with Gasteiger partial charge in [0, 0.05) is 18.4 Å². The van der Waals surface area contributed by atoms with Crippen LogP contribution in [0.1, 0.15) is 0 Å². The van der Waals surface area contributed by atoms with E-state index in [1.54, 1.807) is 0 Å². The van der Waals surface area contributed by atoms with E-state index in [2.05, 4.69) is 5.32 Å². The molecule has 0 aliphatic rings. The zero-order valence-electron chi connectivity index (χ0n) is 15.9. The number of likely N-dealkylation sites (N-methyl/N-ethyl adjacent to an activating group) is 1. The fourth-order valence-corrected chi connectivity index (χ4v) is 2.66. The molecule has 0 unspecified atom stereocenters. The lowest BCUT2D eigenvalue weighted by Gasteiger charge is -2.18. The number of hydrogen-bond donors (Lipinski definition) is 1. The Labute approximate surface area is 165 Å². The number of anilines is 2. The number of nitrogens with one attached hydrogen (secondary N) is 1. The van der Waals surface area contributed by atoms with Gasteiger partial charge in [-0.1, -0.05) is 36.4 Å². The van der Waals surface area contributed by atoms with Crippen molar-refractivity contribution in [2.75, 3.05) is 37.0 Å². The van der Waals surface area contributed by atoms with Gasteiger partial charge in [-0.25, -0.2) is 0 Å². The van der Waals surface area contributed by atoms with Crippen LogP contribution >= 0.6 is 0 Å². The molecule has 0 aromatic heterocycles. The number of carbonyl (C=O) groups excluding carboxylic acids is 1. The molecule has 0 radical (unpaired) electrons. The fourth-order valence-electron chi connectivity index (χ4n) is 2.66. The van der Waals surface area contributed by atoms with Crippen LogP contribution in [0, 0.1) is 0 Å². The van der Waals surface area contributed by atoms with Crippen LogP contribution in [0.3, 0.4) is 0 Å². The predicted molar refractivity (Wildman–Crippen MR) is 112 cm³/mol. The lowest BCUT2D eigenvalue weighted by molar-refractivity contribution is -0.114. The van der Waals surface area contributed by atoms with Gasteiger partial charge in [-0.3, -0.25) is 4.79 Å². The molecule has 0 atom stereocenters. The molecular formula is C23H24N2O3. The Morgan fingerprint density at radius 1 is 0.786 bits per heavy atom. The van der Waals surface area contributed by atoms with Crippen molar-refractivity contribution in [3.05, 3.63) is 84.9 Å². The first-order chi connectivity index (χ1) is 13.7. The summed E-state index contributed by atoms with van der Waals surface area (Å²) in [5.74, 6) is 1.48. The third-order valence-corrected chi connectivity index (χ3v) is 4.08. The van der Waals surface area contributed by atoms with E-state index in [9.17, 15) is 4.79 Å². The number of para-hydroxylation sites is 2. The van der Waals surface area contributed by atoms with Crippen LogP contribution in [0.25, 0.3) is 0 Å². The second kappa shape index (κ2) is 10.0. The van der Waals surface area contributed by atoms with E-state index in [0.29, 0.717) is 13.2 Å². The van der Waals surface area contributed by atoms with Gasteiger partial charge in [-0.15, -0.1) is 0 Å². The summed E-state index contributed by atoms with van der Waals surface area (Å²) in [6.07, 6.45) is 0. The van der Waals surface area contributed by atoms with Gasteiger partial charge in [0.1, 0.15) is 24.7 Å². The lowest BCUT2D eigenvalue weighted by atomic mass is 10.3. The smallest absolute Gasteiger partial charge is 0.243 e. The molecule has 3 rings (SSSR count). The molecular weight excluding hydrogens is 352 g/mol. The molecule has 0 heterocycles. The highest BCUT2D eigenvalue weighted by atomic mass is 16.5. The second-order valence-electron chi connectivity index (χ2n) is 6.27. The fraction of sp³-hybridized carbons (Fsp3) is 0.174. The molecule has 5 heteroatoms. The summed E-state index contributed by atoms with van der Waals surface area (Å²) in [7, 11) is 1.89. The first-order valence-electron chi connectivity index (χ1n) is 9.17. The van der Waals surface area contributed by atoms with Gasteiger partial charge in [0.25, 0.3) is 0 Å². The molecule has 0 fully saturated rings. The molecule has 28 heavy (non-hydrogen) atoms. The van der Waals surface area contributed by atoms with Crippen molar-refractivity contribution in [3.63, 3.8) is 0 Å². The molecule has 0 saturated heterocycles. The van der Waals surface area contributed by atoms with E-state index in [-0.39, 0.29) is 12.5 Å². The van der Waals surface area contributed by atoms with E-state index < -0.39 is 0 Å². The molecule has 0 aliphatic heterocycles. The Kier molecular flexibility index (Phi) is 6.90. The Morgan fingerprint density at radius 3 is 1.93 bits per heavy atom. The van der Waals surface area contributed by atoms with Gasteiger partial charge < -0.3 is 19.7 Å². The summed E-state index contributed by atoms with van der Waals surface area (Å²) in [5.41, 5.74) is 1.73. The largest absolute Gasteiger partial charge is 0.490 e. The third-order valence-electron chi connectivity index (χ3n) is 4.08. The van der Waals surface area contributed by atoms with Gasteiger partial charge in [0.2, 0.25) is 5.91 Å². The van der Waals surface area contributed by atoms with Crippen LogP contribution in [-0.4, -0.2) is 32.7 Å². The molecule has 3 aromatic rings. The van der Waals surface area contributed by atoms with Crippen LogP contribution in [0.15, 0.2) is 84.9 Å². The minimum atomic E-state index is -0.0729. The zero-order valence-corrected chi connectivity index (χ0v) is 15.9. The summed E-state index contributed by atoms with van der Waals surface area (Å²) < 4.78 is 11.3. The number of nitrogens with zero attached hydrogens (tertiary/aromatic N) is 1. The molecule has 0 bridgehead atoms. The highest BCUT2D eigenvalue weighted by molar-refractivity contribution is 5.94. The van der Waals surface area contributed by atoms with E-state index >= 15 is 0 Å². The van der Waals surface area contributed by atoms with E-state index in [1.807, 2.05) is 96.9 Å². The Morgan fingerprint density at radius 2 is 1.32 bits per heavy atom. The maximum atomic E-state index is 12.2. The molecule has 1 N–H and O–H groups in total. The van der Waals surface area contributed by atoms with Crippen LogP contribution in [0.5, 0.6) is 11.5 Å². The molecule has 1 amide bonds. The van der Waals surface area contributed by atoms with Crippen molar-refractivity contribution in [3.8, 4) is 11.5 Å². The lowest BCUT2D eigenvalue weighted by Crippen LogP contribution is -2.29. The van der Waals surface area contributed by atoms with Crippen molar-refractivity contribution < 1.29 is 14.3 Å². The van der Waals surface area contributed by atoms with Crippen LogP contribution in [0.2, 0.25) is 0 Å². The maximum Gasteiger partial charge on any atom is 0.243 e. The van der Waals surface area contributed by atoms with Crippen molar-refractivity contribution in [2.45, 2.75) is 0 Å². The number of benzene rings is 3. The molecule has 5 nitrogen and oxygen atoms in total. The van der Waals surface area contributed by atoms with Crippen LogP contribution in [-0.2, 0) is 4.79 Å². The summed E-state index contributed by atoms with van der Waals surface area (Å²) in [6, 6.07) is 26.8. The van der Waals surface area contributed by atoms with Gasteiger partial charge in [-0.05, 0) is 48.5 Å². The average molecular weight is 376 g/mol. The summed E-state index contributed by atoms with van der Waals surface area (Å²) in [5, 5.41) is 2.90. The summed E-state index contributed by atoms with van der Waals surface area (Å²) in [4.78, 5) is 14.1. The van der Waals surface area contributed by atoms with Crippen molar-refractivity contribution >= 4 is 17.3 Å². The highest BCUT2D eigenvalue weighted by Crippen LogP contribution is 2.16. The van der Waals surface area contributed by atoms with Gasteiger partial charge in [-0.2, -0.15) is 0 Å². The number of carbonyl (C=O) groups is 1. The Bertz CT molecular complexity index is 852. The van der Waals surface area contributed by atoms with Crippen LogP contribution < -0.4 is 19.7 Å². The molecule has 0 saturated carbocycles. The van der Waals surface area contributed by atoms with E-state index in [0.717, 1.165) is 22.9 Å². The first kappa shape index (κ1) is 19.3. The van der Waals surface area contributed by atoms with Crippen molar-refractivity contribution in [1.82, 2.24) is 0 Å². The van der Waals surface area contributed by atoms with Gasteiger partial charge >= 0.3 is 0 Å². The number of ether oxygens (including phenoxy) is 2. The van der Waals surface area contributed by atoms with Gasteiger partial charge in [0.05, 0.1) is 6.54 Å². The van der Waals surface area contributed by atoms with Crippen LogP contribution in [0.4, 0.5) is 11.4 Å². The predicted octanol–water partition coefficient (Wildman–Crippen LogP) is 4.22. The standard InChI is InChI=1S/C23H24N2O3/c1-25(20-8-4-2-5-9-20)18-23(26)24-19-12-14-22(15-13-19)28-17-16-27-21-10-6-3-7-11-21/h2-15H,16-18H2,1H3,(H,24,26). The number of amides is 1. The Balaban J connectivity index is 1.40. The van der Waals surface area contributed by atoms with Crippen molar-refractivity contribution in [2.24, 2.45) is 0 Å². The minimum absolute atomic E-state index is 0.0729. The van der Waals surface area contributed by atoms with Gasteiger partial charge in [0.15, 0.2) is 0 Å². The number of rotatable bonds is 9. The number of hydrogen-bond acceptors (Lipinski definition) is 4. The molecule has 0 spiro atoms. The summed E-state index contributed by atoms with van der Waals surface area (Å²) >= 11 is 0. The topological polar surface area (TPSA) is 50.8 Å². The minimum Gasteiger partial charge on any atom is -0.490 e. The third kappa shape index (κ3) is 6.06. The average Bonchev–Trinajstić information content (AvgIpc) is 2.73. The molecule has 3 aromatic carbocycles. The monoisotopic (exact) mass is 376 g/mol. The first-order valence-corrected chi connectivity index (χ1v) is 9.17. The quantitative estimate of drug-likeness (QED) is 0.568. The maximum absolute atomic E-state index is 12.2.